The first-order chi connectivity index (χ1) is 14.8. The number of rotatable bonds is 16. The quantitative estimate of drug-likeness (QED) is 0.133. The summed E-state index contributed by atoms with van der Waals surface area (Å²) in [5.41, 5.74) is 1.05. The van der Waals surface area contributed by atoms with E-state index in [1.807, 2.05) is 24.3 Å². The molecule has 176 valence electrons. The summed E-state index contributed by atoms with van der Waals surface area (Å²) in [4.78, 5) is 24.2. The van der Waals surface area contributed by atoms with Gasteiger partial charge in [-0.05, 0) is 50.8 Å². The van der Waals surface area contributed by atoms with Crippen molar-refractivity contribution in [2.75, 3.05) is 19.8 Å². The molecule has 0 aromatic heterocycles. The number of ether oxygens (including phenoxy) is 3. The van der Waals surface area contributed by atoms with E-state index in [1.165, 1.54) is 31.4 Å². The maximum Gasteiger partial charge on any atom is 0.320 e. The molecule has 0 fully saturated rings. The van der Waals surface area contributed by atoms with E-state index in [2.05, 4.69) is 20.0 Å². The van der Waals surface area contributed by atoms with Crippen molar-refractivity contribution in [3.05, 3.63) is 29.8 Å². The summed E-state index contributed by atoms with van der Waals surface area (Å²) in [6, 6.07) is 10.7. The molecular formula is C25H42O5Si. The molecule has 0 spiro atoms. The summed E-state index contributed by atoms with van der Waals surface area (Å²) in [6.07, 6.45) is 5.95. The lowest BCUT2D eigenvalue weighted by Crippen LogP contribution is -2.28. The van der Waals surface area contributed by atoms with E-state index >= 15 is 0 Å². The van der Waals surface area contributed by atoms with Gasteiger partial charge in [0.1, 0.15) is 5.75 Å². The first-order valence-corrected chi connectivity index (χ1v) is 15.3. The topological polar surface area (TPSA) is 61.8 Å². The molecule has 0 saturated carbocycles. The molecule has 0 aliphatic rings. The number of hydrogen-bond acceptors (Lipinski definition) is 5. The van der Waals surface area contributed by atoms with Gasteiger partial charge in [-0.1, -0.05) is 63.5 Å². The molecule has 31 heavy (non-hydrogen) atoms. The summed E-state index contributed by atoms with van der Waals surface area (Å²) >= 11 is 0. The second-order valence-corrected chi connectivity index (χ2v) is 14.1. The Morgan fingerprint density at radius 2 is 1.45 bits per heavy atom. The second kappa shape index (κ2) is 15.1. The molecule has 0 saturated heterocycles. The fourth-order valence-corrected chi connectivity index (χ4v) is 6.32. The Morgan fingerprint density at radius 3 is 2.00 bits per heavy atom. The third kappa shape index (κ3) is 11.4. The third-order valence-electron chi connectivity index (χ3n) is 5.51. The number of hydrogen-bond donors (Lipinski definition) is 0. The normalized spacial score (nSPS) is 11.4. The van der Waals surface area contributed by atoms with Gasteiger partial charge in [0.25, 0.3) is 0 Å². The molecule has 1 aromatic rings. The van der Waals surface area contributed by atoms with E-state index in [-0.39, 0.29) is 13.2 Å². The molecule has 1 aromatic carbocycles. The summed E-state index contributed by atoms with van der Waals surface area (Å²) in [5.74, 6) is -1.04. The molecule has 6 heteroatoms. The fourth-order valence-electron chi connectivity index (χ4n) is 3.56. The van der Waals surface area contributed by atoms with Gasteiger partial charge in [0.2, 0.25) is 0 Å². The van der Waals surface area contributed by atoms with Crippen LogP contribution in [-0.4, -0.2) is 39.8 Å². The summed E-state index contributed by atoms with van der Waals surface area (Å²) in [5, 5.41) is 0. The lowest BCUT2D eigenvalue weighted by molar-refractivity contribution is -0.161. The van der Waals surface area contributed by atoms with Gasteiger partial charge >= 0.3 is 11.9 Å². The van der Waals surface area contributed by atoms with Crippen molar-refractivity contribution < 1.29 is 23.8 Å². The molecule has 5 nitrogen and oxygen atoms in total. The van der Waals surface area contributed by atoms with E-state index in [4.69, 9.17) is 14.2 Å². The van der Waals surface area contributed by atoms with Crippen LogP contribution in [0.25, 0.3) is 0 Å². The standard InChI is InChI=1S/C25H42O5Si/c1-6-9-19-31(4,5)20-11-10-18-30-22-15-12-21(13-16-22)14-17-23(24(26)28-7-2)25(27)29-8-3/h12-13,15-16,23H,6-11,14,17-20H2,1-5H3. The maximum absolute atomic E-state index is 12.1. The van der Waals surface area contributed by atoms with Crippen LogP contribution in [0.1, 0.15) is 58.4 Å². The molecule has 0 aliphatic carbocycles. The fraction of sp³-hybridized carbons (Fsp3) is 0.680. The zero-order valence-electron chi connectivity index (χ0n) is 20.2. The summed E-state index contributed by atoms with van der Waals surface area (Å²) in [6.45, 7) is 12.0. The van der Waals surface area contributed by atoms with Gasteiger partial charge in [-0.3, -0.25) is 9.59 Å². The van der Waals surface area contributed by atoms with E-state index in [0.717, 1.165) is 24.3 Å². The average Bonchev–Trinajstić information content (AvgIpc) is 2.73. The van der Waals surface area contributed by atoms with Crippen LogP contribution in [0.3, 0.4) is 0 Å². The highest BCUT2D eigenvalue weighted by molar-refractivity contribution is 6.77. The number of aryl methyl sites for hydroxylation is 1. The molecular weight excluding hydrogens is 408 g/mol. The molecule has 0 unspecified atom stereocenters. The highest BCUT2D eigenvalue weighted by atomic mass is 28.3. The van der Waals surface area contributed by atoms with E-state index in [0.29, 0.717) is 12.8 Å². The Labute approximate surface area is 189 Å². The van der Waals surface area contributed by atoms with Gasteiger partial charge in [-0.15, -0.1) is 0 Å². The van der Waals surface area contributed by atoms with Crippen molar-refractivity contribution >= 4 is 20.0 Å². The molecule has 0 atom stereocenters. The van der Waals surface area contributed by atoms with Gasteiger partial charge in [0.05, 0.1) is 19.8 Å². The Morgan fingerprint density at radius 1 is 0.871 bits per heavy atom. The minimum absolute atomic E-state index is 0.249. The van der Waals surface area contributed by atoms with Crippen LogP contribution in [0, 0.1) is 5.92 Å². The van der Waals surface area contributed by atoms with Crippen molar-refractivity contribution in [1.82, 2.24) is 0 Å². The van der Waals surface area contributed by atoms with Crippen molar-refractivity contribution in [1.29, 1.82) is 0 Å². The van der Waals surface area contributed by atoms with Gasteiger partial charge in [0, 0.05) is 8.07 Å². The van der Waals surface area contributed by atoms with E-state index < -0.39 is 25.9 Å². The lowest BCUT2D eigenvalue weighted by atomic mass is 9.99. The molecule has 0 N–H and O–H groups in total. The van der Waals surface area contributed by atoms with Crippen molar-refractivity contribution in [3.63, 3.8) is 0 Å². The van der Waals surface area contributed by atoms with Crippen LogP contribution in [0.15, 0.2) is 24.3 Å². The van der Waals surface area contributed by atoms with Crippen molar-refractivity contribution in [2.45, 2.75) is 84.5 Å². The van der Waals surface area contributed by atoms with Crippen molar-refractivity contribution in [3.8, 4) is 5.75 Å². The number of carbonyl (C=O) groups is 2. The van der Waals surface area contributed by atoms with Gasteiger partial charge in [0.15, 0.2) is 5.92 Å². The Hall–Kier alpha value is -1.82. The van der Waals surface area contributed by atoms with Crippen LogP contribution in [0.5, 0.6) is 5.75 Å². The Kier molecular flexibility index (Phi) is 13.2. The SMILES string of the molecule is CCCC[Si](C)(C)CCCCOc1ccc(CCC(C(=O)OCC)C(=O)OCC)cc1. The van der Waals surface area contributed by atoms with Gasteiger partial charge in [-0.25, -0.2) is 0 Å². The summed E-state index contributed by atoms with van der Waals surface area (Å²) in [7, 11) is -1.03. The predicted molar refractivity (Wildman–Crippen MR) is 128 cm³/mol. The average molecular weight is 451 g/mol. The molecule has 0 aliphatic heterocycles. The molecule has 0 amide bonds. The number of esters is 2. The molecule has 0 bridgehead atoms. The first-order valence-electron chi connectivity index (χ1n) is 11.9. The number of carbonyl (C=O) groups excluding carboxylic acids is 2. The first kappa shape index (κ1) is 27.2. The van der Waals surface area contributed by atoms with Crippen LogP contribution >= 0.6 is 0 Å². The summed E-state index contributed by atoms with van der Waals surface area (Å²) < 4.78 is 15.9. The highest BCUT2D eigenvalue weighted by Crippen LogP contribution is 2.22. The van der Waals surface area contributed by atoms with Crippen LogP contribution in [0.2, 0.25) is 25.2 Å². The zero-order valence-corrected chi connectivity index (χ0v) is 21.2. The highest BCUT2D eigenvalue weighted by Gasteiger charge is 2.29. The lowest BCUT2D eigenvalue weighted by Gasteiger charge is -2.21. The van der Waals surface area contributed by atoms with Gasteiger partial charge in [-0.2, -0.15) is 0 Å². The zero-order chi connectivity index (χ0) is 23.1. The Bertz CT molecular complexity index is 624. The van der Waals surface area contributed by atoms with E-state index in [1.54, 1.807) is 13.8 Å². The third-order valence-corrected chi connectivity index (χ3v) is 8.93. The van der Waals surface area contributed by atoms with E-state index in [9.17, 15) is 9.59 Å². The van der Waals surface area contributed by atoms with Crippen LogP contribution < -0.4 is 4.74 Å². The second-order valence-electron chi connectivity index (χ2n) is 8.81. The van der Waals surface area contributed by atoms with Crippen LogP contribution in [0.4, 0.5) is 0 Å². The molecule has 0 heterocycles. The van der Waals surface area contributed by atoms with Crippen molar-refractivity contribution in [2.24, 2.45) is 5.92 Å². The van der Waals surface area contributed by atoms with Crippen LogP contribution in [-0.2, 0) is 25.5 Å². The maximum atomic E-state index is 12.1. The number of unbranched alkanes of at least 4 members (excludes halogenated alkanes) is 2. The molecule has 1 rings (SSSR count). The largest absolute Gasteiger partial charge is 0.494 e. The monoisotopic (exact) mass is 450 g/mol. The predicted octanol–water partition coefficient (Wildman–Crippen LogP) is 6.03. The Balaban J connectivity index is 2.41. The minimum atomic E-state index is -1.03. The smallest absolute Gasteiger partial charge is 0.320 e. The number of benzene rings is 1. The molecule has 0 radical (unpaired) electrons. The minimum Gasteiger partial charge on any atom is -0.494 e. The van der Waals surface area contributed by atoms with Gasteiger partial charge < -0.3 is 14.2 Å².